The molecule has 0 aliphatic heterocycles. The van der Waals surface area contributed by atoms with Gasteiger partial charge in [-0.3, -0.25) is 0 Å². The summed E-state index contributed by atoms with van der Waals surface area (Å²) in [7, 11) is 0. The molecule has 0 unspecified atom stereocenters. The minimum Gasteiger partial charge on any atom is -0.396 e. The molecule has 0 aromatic heterocycles. The molecule has 0 aliphatic rings. The summed E-state index contributed by atoms with van der Waals surface area (Å²) >= 11 is 0. The van der Waals surface area contributed by atoms with Gasteiger partial charge in [-0.25, -0.2) is 4.39 Å². The van der Waals surface area contributed by atoms with Crippen molar-refractivity contribution in [2.24, 2.45) is 0 Å². The first-order chi connectivity index (χ1) is 4.74. The number of anilines is 1. The van der Waals surface area contributed by atoms with Gasteiger partial charge < -0.3 is 5.73 Å². The lowest BCUT2D eigenvalue weighted by Gasteiger charge is -1.97. The van der Waals surface area contributed by atoms with Gasteiger partial charge in [-0.15, -0.1) is 0 Å². The summed E-state index contributed by atoms with van der Waals surface area (Å²) in [6.45, 7) is 1.95. The van der Waals surface area contributed by atoms with Gasteiger partial charge in [-0.05, 0) is 18.1 Å². The van der Waals surface area contributed by atoms with Crippen LogP contribution in [0, 0.1) is 11.9 Å². The molecule has 0 amide bonds. The maximum Gasteiger partial charge on any atom is 0.154 e. The van der Waals surface area contributed by atoms with Crippen molar-refractivity contribution in [3.05, 3.63) is 29.6 Å². The molecule has 0 saturated carbocycles. The Labute approximate surface area is 59.7 Å². The number of nitrogens with two attached hydrogens (primary N) is 1. The molecule has 1 nitrogen and oxygen atoms in total. The van der Waals surface area contributed by atoms with E-state index in [-0.39, 0.29) is 5.69 Å². The van der Waals surface area contributed by atoms with Gasteiger partial charge in [0.15, 0.2) is 5.82 Å². The average molecular weight is 138 g/mol. The van der Waals surface area contributed by atoms with E-state index in [1.807, 2.05) is 6.92 Å². The molecule has 0 bridgehead atoms. The second kappa shape index (κ2) is 2.69. The highest BCUT2D eigenvalue weighted by Crippen LogP contribution is 2.10. The number of hydrogen-bond acceptors (Lipinski definition) is 1. The van der Waals surface area contributed by atoms with Crippen LogP contribution < -0.4 is 5.73 Å². The Morgan fingerprint density at radius 2 is 2.30 bits per heavy atom. The first kappa shape index (κ1) is 7.06. The summed E-state index contributed by atoms with van der Waals surface area (Å²) in [6, 6.07) is 5.87. The minimum atomic E-state index is -0.445. The highest BCUT2D eigenvalue weighted by molar-refractivity contribution is 5.40. The van der Waals surface area contributed by atoms with Crippen LogP contribution in [0.15, 0.2) is 12.1 Å². The molecular weight excluding hydrogens is 129 g/mol. The fourth-order valence-electron chi connectivity index (χ4n) is 0.725. The molecule has 0 heterocycles. The first-order valence-corrected chi connectivity index (χ1v) is 3.20. The lowest BCUT2D eigenvalue weighted by Crippen LogP contribution is -1.91. The molecule has 1 rings (SSSR count). The number of benzene rings is 1. The maximum atomic E-state index is 12.6. The predicted octanol–water partition coefficient (Wildman–Crippen LogP) is 1.77. The van der Waals surface area contributed by atoms with Crippen LogP contribution in [0.3, 0.4) is 0 Å². The van der Waals surface area contributed by atoms with Crippen molar-refractivity contribution in [1.82, 2.24) is 0 Å². The summed E-state index contributed by atoms with van der Waals surface area (Å²) in [5.74, 6) is -0.445. The van der Waals surface area contributed by atoms with Gasteiger partial charge in [0.1, 0.15) is 0 Å². The van der Waals surface area contributed by atoms with Gasteiger partial charge in [0.2, 0.25) is 0 Å². The van der Waals surface area contributed by atoms with Crippen LogP contribution >= 0.6 is 0 Å². The lowest BCUT2D eigenvalue weighted by atomic mass is 10.1. The molecule has 0 saturated heterocycles. The number of rotatable bonds is 1. The monoisotopic (exact) mass is 138 g/mol. The zero-order valence-corrected chi connectivity index (χ0v) is 5.82. The van der Waals surface area contributed by atoms with Crippen molar-refractivity contribution >= 4 is 5.69 Å². The molecule has 0 atom stereocenters. The Hall–Kier alpha value is -1.05. The highest BCUT2D eigenvalue weighted by atomic mass is 19.1. The number of nitrogen functional groups attached to an aromatic ring is 1. The molecule has 1 aromatic carbocycles. The van der Waals surface area contributed by atoms with Crippen LogP contribution in [0.1, 0.15) is 12.5 Å². The molecule has 2 heteroatoms. The van der Waals surface area contributed by atoms with Gasteiger partial charge in [0, 0.05) is 6.07 Å². The van der Waals surface area contributed by atoms with Crippen LogP contribution in [0.25, 0.3) is 0 Å². The summed E-state index contributed by atoms with van der Waals surface area (Å²) < 4.78 is 12.6. The van der Waals surface area contributed by atoms with Crippen molar-refractivity contribution in [2.45, 2.75) is 13.3 Å². The Morgan fingerprint density at radius 3 is 2.80 bits per heavy atom. The van der Waals surface area contributed by atoms with Crippen molar-refractivity contribution in [2.75, 3.05) is 5.73 Å². The zero-order chi connectivity index (χ0) is 7.56. The first-order valence-electron chi connectivity index (χ1n) is 3.20. The second-order valence-corrected chi connectivity index (χ2v) is 2.11. The lowest BCUT2D eigenvalue weighted by molar-refractivity contribution is 0.628. The predicted molar refractivity (Wildman–Crippen MR) is 39.0 cm³/mol. The van der Waals surface area contributed by atoms with Gasteiger partial charge in [-0.2, -0.15) is 0 Å². The normalized spacial score (nSPS) is 9.80. The molecule has 0 spiro atoms. The Balaban J connectivity index is 3.04. The van der Waals surface area contributed by atoms with Crippen LogP contribution in [0.5, 0.6) is 0 Å². The fourth-order valence-corrected chi connectivity index (χ4v) is 0.725. The molecule has 0 aliphatic carbocycles. The van der Waals surface area contributed by atoms with E-state index >= 15 is 0 Å². The minimum absolute atomic E-state index is 0.164. The van der Waals surface area contributed by atoms with E-state index in [0.29, 0.717) is 0 Å². The molecule has 0 fully saturated rings. The molecule has 53 valence electrons. The van der Waals surface area contributed by atoms with Crippen LogP contribution in [-0.2, 0) is 6.42 Å². The quantitative estimate of drug-likeness (QED) is 0.588. The SMILES string of the molecule is CCc1[c]c(F)c(N)cc1. The summed E-state index contributed by atoms with van der Waals surface area (Å²) in [4.78, 5) is 0. The van der Waals surface area contributed by atoms with E-state index in [0.717, 1.165) is 12.0 Å². The van der Waals surface area contributed by atoms with Crippen molar-refractivity contribution in [1.29, 1.82) is 0 Å². The third kappa shape index (κ3) is 1.26. The van der Waals surface area contributed by atoms with Crippen molar-refractivity contribution in [3.8, 4) is 0 Å². The topological polar surface area (TPSA) is 26.0 Å². The van der Waals surface area contributed by atoms with Crippen LogP contribution in [0.4, 0.5) is 10.1 Å². The smallest absolute Gasteiger partial charge is 0.154 e. The van der Waals surface area contributed by atoms with Gasteiger partial charge in [0.05, 0.1) is 5.69 Å². The van der Waals surface area contributed by atoms with Gasteiger partial charge in [-0.1, -0.05) is 13.0 Å². The van der Waals surface area contributed by atoms with Crippen LogP contribution in [-0.4, -0.2) is 0 Å². The largest absolute Gasteiger partial charge is 0.396 e. The average Bonchev–Trinajstić information content (AvgIpc) is 1.95. The Bertz CT molecular complexity index is 233. The summed E-state index contributed by atoms with van der Waals surface area (Å²) in [5.41, 5.74) is 6.25. The van der Waals surface area contributed by atoms with E-state index in [4.69, 9.17) is 5.73 Å². The Kier molecular flexibility index (Phi) is 1.90. The maximum absolute atomic E-state index is 12.6. The van der Waals surface area contributed by atoms with E-state index < -0.39 is 5.82 Å². The number of aryl methyl sites for hydroxylation is 1. The molecular formula is C8H9FN. The van der Waals surface area contributed by atoms with E-state index in [1.54, 1.807) is 12.1 Å². The third-order valence-electron chi connectivity index (χ3n) is 1.37. The van der Waals surface area contributed by atoms with E-state index in [2.05, 4.69) is 6.07 Å². The van der Waals surface area contributed by atoms with E-state index in [9.17, 15) is 4.39 Å². The molecule has 1 aromatic rings. The summed E-state index contributed by atoms with van der Waals surface area (Å²) in [6.07, 6.45) is 0.789. The molecule has 10 heavy (non-hydrogen) atoms. The van der Waals surface area contributed by atoms with Crippen LogP contribution in [0.2, 0.25) is 0 Å². The molecule has 2 N–H and O–H groups in total. The standard InChI is InChI=1S/C8H9FN/c1-2-6-3-4-8(10)7(9)5-6/h3-4H,2,10H2,1H3. The summed E-state index contributed by atoms with van der Waals surface area (Å²) in [5, 5.41) is 0. The molecule has 1 radical (unpaired) electrons. The van der Waals surface area contributed by atoms with Crippen molar-refractivity contribution < 1.29 is 4.39 Å². The fraction of sp³-hybridized carbons (Fsp3) is 0.250. The third-order valence-corrected chi connectivity index (χ3v) is 1.37. The number of halogens is 1. The van der Waals surface area contributed by atoms with Crippen molar-refractivity contribution in [3.63, 3.8) is 0 Å². The second-order valence-electron chi connectivity index (χ2n) is 2.11. The number of hydrogen-bond donors (Lipinski definition) is 1. The highest BCUT2D eigenvalue weighted by Gasteiger charge is 1.97. The van der Waals surface area contributed by atoms with E-state index in [1.165, 1.54) is 0 Å². The van der Waals surface area contributed by atoms with Gasteiger partial charge in [0.25, 0.3) is 0 Å². The zero-order valence-electron chi connectivity index (χ0n) is 5.82. The van der Waals surface area contributed by atoms with Gasteiger partial charge >= 0.3 is 0 Å². The Morgan fingerprint density at radius 1 is 1.60 bits per heavy atom.